The standard InChI is InChI=1S/C22H23ClN2O2/c1-3-4-5-14-19(26)24-22-20(15-10-6-8-12-17(15)23)21(27)16-11-7-9-13-18(16)25(22)2/h6-13H,3-5,14H2,1-2H3,(H,24,26). The third-order valence-corrected chi connectivity index (χ3v) is 5.05. The molecule has 0 aliphatic carbocycles. The van der Waals surface area contributed by atoms with Crippen LogP contribution in [-0.4, -0.2) is 10.5 Å². The molecule has 1 N–H and O–H groups in total. The van der Waals surface area contributed by atoms with Gasteiger partial charge in [-0.15, -0.1) is 0 Å². The van der Waals surface area contributed by atoms with E-state index in [-0.39, 0.29) is 11.3 Å². The maximum Gasteiger partial charge on any atom is 0.225 e. The van der Waals surface area contributed by atoms with Gasteiger partial charge in [0.1, 0.15) is 5.82 Å². The van der Waals surface area contributed by atoms with Crippen LogP contribution < -0.4 is 10.7 Å². The number of hydrogen-bond donors (Lipinski definition) is 1. The molecule has 4 nitrogen and oxygen atoms in total. The molecule has 1 aromatic heterocycles. The largest absolute Gasteiger partial charge is 0.330 e. The Labute approximate surface area is 163 Å². The zero-order chi connectivity index (χ0) is 19.4. The minimum atomic E-state index is -0.138. The fraction of sp³-hybridized carbons (Fsp3) is 0.273. The van der Waals surface area contributed by atoms with Crippen LogP contribution in [0.5, 0.6) is 0 Å². The van der Waals surface area contributed by atoms with E-state index >= 15 is 0 Å². The van der Waals surface area contributed by atoms with Crippen LogP contribution in [0.15, 0.2) is 53.3 Å². The molecule has 3 aromatic rings. The average molecular weight is 383 g/mol. The van der Waals surface area contributed by atoms with Crippen molar-refractivity contribution < 1.29 is 4.79 Å². The lowest BCUT2D eigenvalue weighted by atomic mass is 10.0. The molecule has 0 aliphatic heterocycles. The summed E-state index contributed by atoms with van der Waals surface area (Å²) in [6.07, 6.45) is 3.30. The zero-order valence-electron chi connectivity index (χ0n) is 15.6. The molecule has 0 saturated heterocycles. The number of hydrogen-bond acceptors (Lipinski definition) is 2. The molecule has 27 heavy (non-hydrogen) atoms. The Morgan fingerprint density at radius 2 is 1.78 bits per heavy atom. The van der Waals surface area contributed by atoms with E-state index in [0.29, 0.717) is 33.8 Å². The summed E-state index contributed by atoms with van der Waals surface area (Å²) < 4.78 is 1.85. The zero-order valence-corrected chi connectivity index (χ0v) is 16.3. The summed E-state index contributed by atoms with van der Waals surface area (Å²) in [5, 5.41) is 4.04. The first-order valence-electron chi connectivity index (χ1n) is 9.21. The van der Waals surface area contributed by atoms with Crippen molar-refractivity contribution in [3.63, 3.8) is 0 Å². The summed E-state index contributed by atoms with van der Waals surface area (Å²) in [6.45, 7) is 2.10. The van der Waals surface area contributed by atoms with Crippen molar-refractivity contribution in [3.8, 4) is 11.1 Å². The fourth-order valence-corrected chi connectivity index (χ4v) is 3.51. The average Bonchev–Trinajstić information content (AvgIpc) is 2.67. The molecule has 1 amide bonds. The van der Waals surface area contributed by atoms with Crippen LogP contribution >= 0.6 is 11.6 Å². The van der Waals surface area contributed by atoms with Crippen molar-refractivity contribution >= 4 is 34.2 Å². The van der Waals surface area contributed by atoms with Crippen LogP contribution in [0.2, 0.25) is 5.02 Å². The highest BCUT2D eigenvalue weighted by Crippen LogP contribution is 2.32. The fourth-order valence-electron chi connectivity index (χ4n) is 3.28. The quantitative estimate of drug-likeness (QED) is 0.582. The summed E-state index contributed by atoms with van der Waals surface area (Å²) in [5.74, 6) is 0.385. The van der Waals surface area contributed by atoms with Gasteiger partial charge >= 0.3 is 0 Å². The second-order valence-electron chi connectivity index (χ2n) is 6.61. The van der Waals surface area contributed by atoms with Gasteiger partial charge in [-0.1, -0.05) is 61.7 Å². The van der Waals surface area contributed by atoms with Crippen LogP contribution in [0.4, 0.5) is 5.82 Å². The van der Waals surface area contributed by atoms with E-state index in [2.05, 4.69) is 12.2 Å². The van der Waals surface area contributed by atoms with Gasteiger partial charge in [-0.25, -0.2) is 0 Å². The maximum absolute atomic E-state index is 13.3. The number of nitrogens with one attached hydrogen (secondary N) is 1. The highest BCUT2D eigenvalue weighted by atomic mass is 35.5. The first kappa shape index (κ1) is 19.2. The van der Waals surface area contributed by atoms with Crippen molar-refractivity contribution in [2.24, 2.45) is 7.05 Å². The SMILES string of the molecule is CCCCCC(=O)Nc1c(-c2ccccc2Cl)c(=O)c2ccccc2n1C. The Morgan fingerprint density at radius 3 is 2.52 bits per heavy atom. The van der Waals surface area contributed by atoms with Crippen LogP contribution in [0.3, 0.4) is 0 Å². The topological polar surface area (TPSA) is 51.1 Å². The van der Waals surface area contributed by atoms with Gasteiger partial charge in [0.15, 0.2) is 5.43 Å². The minimum Gasteiger partial charge on any atom is -0.330 e. The van der Waals surface area contributed by atoms with Gasteiger partial charge in [0.05, 0.1) is 11.1 Å². The number of anilines is 1. The highest BCUT2D eigenvalue weighted by molar-refractivity contribution is 6.33. The smallest absolute Gasteiger partial charge is 0.225 e. The number of rotatable bonds is 6. The highest BCUT2D eigenvalue weighted by Gasteiger charge is 2.20. The summed E-state index contributed by atoms with van der Waals surface area (Å²) >= 11 is 6.38. The number of carbonyl (C=O) groups excluding carboxylic acids is 1. The molecule has 0 spiro atoms. The summed E-state index contributed by atoms with van der Waals surface area (Å²) in [5.41, 5.74) is 1.67. The van der Waals surface area contributed by atoms with E-state index in [4.69, 9.17) is 11.6 Å². The van der Waals surface area contributed by atoms with Crippen LogP contribution in [0.1, 0.15) is 32.6 Å². The number of para-hydroxylation sites is 1. The maximum atomic E-state index is 13.3. The van der Waals surface area contributed by atoms with E-state index in [9.17, 15) is 9.59 Å². The summed E-state index contributed by atoms with van der Waals surface area (Å²) in [7, 11) is 1.85. The van der Waals surface area contributed by atoms with Crippen LogP contribution in [-0.2, 0) is 11.8 Å². The van der Waals surface area contributed by atoms with Gasteiger partial charge in [-0.05, 0) is 24.6 Å². The van der Waals surface area contributed by atoms with Crippen molar-refractivity contribution in [2.75, 3.05) is 5.32 Å². The molecule has 0 saturated carbocycles. The van der Waals surface area contributed by atoms with Crippen molar-refractivity contribution in [3.05, 3.63) is 63.8 Å². The molecule has 2 aromatic carbocycles. The van der Waals surface area contributed by atoms with E-state index in [1.54, 1.807) is 18.2 Å². The number of halogens is 1. The molecule has 1 heterocycles. The minimum absolute atomic E-state index is 0.0953. The normalized spacial score (nSPS) is 10.9. The van der Waals surface area contributed by atoms with Gasteiger partial charge in [0, 0.05) is 29.4 Å². The van der Waals surface area contributed by atoms with Gasteiger partial charge in [-0.2, -0.15) is 0 Å². The third kappa shape index (κ3) is 3.91. The molecule has 5 heteroatoms. The van der Waals surface area contributed by atoms with E-state index < -0.39 is 0 Å². The number of amides is 1. The molecule has 0 atom stereocenters. The monoisotopic (exact) mass is 382 g/mol. The first-order chi connectivity index (χ1) is 13.0. The second kappa shape index (κ2) is 8.40. The predicted molar refractivity (Wildman–Crippen MR) is 112 cm³/mol. The van der Waals surface area contributed by atoms with Crippen molar-refractivity contribution in [2.45, 2.75) is 32.6 Å². The number of aryl methyl sites for hydroxylation is 1. The molecule has 0 radical (unpaired) electrons. The first-order valence-corrected chi connectivity index (χ1v) is 9.58. The van der Waals surface area contributed by atoms with Crippen molar-refractivity contribution in [1.82, 2.24) is 4.57 Å². The molecule has 3 rings (SSSR count). The Morgan fingerprint density at radius 1 is 1.07 bits per heavy atom. The van der Waals surface area contributed by atoms with Crippen LogP contribution in [0, 0.1) is 0 Å². The number of carbonyl (C=O) groups is 1. The summed E-state index contributed by atoms with van der Waals surface area (Å²) in [4.78, 5) is 25.8. The lowest BCUT2D eigenvalue weighted by molar-refractivity contribution is -0.116. The van der Waals surface area contributed by atoms with Crippen LogP contribution in [0.25, 0.3) is 22.0 Å². The molecule has 140 valence electrons. The van der Waals surface area contributed by atoms with Gasteiger partial charge in [0.2, 0.25) is 5.91 Å². The second-order valence-corrected chi connectivity index (χ2v) is 7.02. The predicted octanol–water partition coefficient (Wildman–Crippen LogP) is 5.38. The Balaban J connectivity index is 2.19. The molecule has 0 unspecified atom stereocenters. The Bertz CT molecular complexity index is 1040. The molecular formula is C22H23ClN2O2. The Hall–Kier alpha value is -2.59. The number of benzene rings is 2. The summed E-state index contributed by atoms with van der Waals surface area (Å²) in [6, 6.07) is 14.6. The number of pyridine rings is 1. The number of aromatic nitrogens is 1. The van der Waals surface area contributed by atoms with E-state index in [1.807, 2.05) is 41.9 Å². The third-order valence-electron chi connectivity index (χ3n) is 4.72. The number of fused-ring (bicyclic) bond motifs is 1. The molecule has 0 aliphatic rings. The number of unbranched alkanes of at least 4 members (excludes halogenated alkanes) is 2. The molecule has 0 fully saturated rings. The Kier molecular flexibility index (Phi) is 5.97. The molecule has 0 bridgehead atoms. The van der Waals surface area contributed by atoms with E-state index in [1.165, 1.54) is 0 Å². The van der Waals surface area contributed by atoms with Gasteiger partial charge < -0.3 is 9.88 Å². The van der Waals surface area contributed by atoms with Crippen molar-refractivity contribution in [1.29, 1.82) is 0 Å². The van der Waals surface area contributed by atoms with Gasteiger partial charge in [0.25, 0.3) is 0 Å². The lowest BCUT2D eigenvalue weighted by Gasteiger charge is -2.18. The molecular weight excluding hydrogens is 360 g/mol. The lowest BCUT2D eigenvalue weighted by Crippen LogP contribution is -2.21. The van der Waals surface area contributed by atoms with Gasteiger partial charge in [-0.3, -0.25) is 9.59 Å². The number of nitrogens with zero attached hydrogens (tertiary/aromatic N) is 1. The van der Waals surface area contributed by atoms with E-state index in [0.717, 1.165) is 24.8 Å².